The van der Waals surface area contributed by atoms with Crippen molar-refractivity contribution in [3.8, 4) is 0 Å². The van der Waals surface area contributed by atoms with E-state index in [-0.39, 0.29) is 12.4 Å². The highest BCUT2D eigenvalue weighted by molar-refractivity contribution is 5.91. The zero-order chi connectivity index (χ0) is 8.55. The van der Waals surface area contributed by atoms with E-state index in [0.29, 0.717) is 12.2 Å². The van der Waals surface area contributed by atoms with Gasteiger partial charge in [0.25, 0.3) is 0 Å². The first-order chi connectivity index (χ1) is 5.77. The Morgan fingerprint density at radius 2 is 2.00 bits per heavy atom. The van der Waals surface area contributed by atoms with Crippen LogP contribution in [0.3, 0.4) is 0 Å². The van der Waals surface area contributed by atoms with Gasteiger partial charge in [0.1, 0.15) is 0 Å². The van der Waals surface area contributed by atoms with Crippen LogP contribution >= 0.6 is 12.4 Å². The molecule has 0 bridgehead atoms. The zero-order valence-electron chi connectivity index (χ0n) is 6.70. The highest BCUT2D eigenvalue weighted by Crippen LogP contribution is 2.26. The molecule has 5 heteroatoms. The van der Waals surface area contributed by atoms with Crippen LogP contribution in [0.25, 0.3) is 0 Å². The third-order valence-corrected chi connectivity index (χ3v) is 1.82. The first kappa shape index (κ1) is 9.67. The molecule has 0 fully saturated rings. The highest BCUT2D eigenvalue weighted by atomic mass is 35.5. The summed E-state index contributed by atoms with van der Waals surface area (Å²) in [5, 5.41) is 14.8. The Morgan fingerprint density at radius 3 is 2.69 bits per heavy atom. The number of halogens is 1. The lowest BCUT2D eigenvalue weighted by atomic mass is 10.2. The molecule has 1 aromatic rings. The quantitative estimate of drug-likeness (QED) is 0.645. The second-order valence-corrected chi connectivity index (χ2v) is 2.60. The standard InChI is InChI=1S/C8H8N2O2.ClH/c11-8(12)5-1-2-6-7(3-5)10-4-9-6;/h1-3,9-10H,4H2,(H,11,12);1H. The summed E-state index contributed by atoms with van der Waals surface area (Å²) in [7, 11) is 0. The van der Waals surface area contributed by atoms with E-state index in [1.54, 1.807) is 18.2 Å². The normalized spacial score (nSPS) is 12.0. The minimum atomic E-state index is -0.897. The summed E-state index contributed by atoms with van der Waals surface area (Å²) in [5.74, 6) is -0.897. The summed E-state index contributed by atoms with van der Waals surface area (Å²) in [4.78, 5) is 10.6. The van der Waals surface area contributed by atoms with Crippen molar-refractivity contribution >= 4 is 29.8 Å². The molecule has 0 atom stereocenters. The molecule has 0 aromatic heterocycles. The lowest BCUT2D eigenvalue weighted by molar-refractivity contribution is 0.0697. The molecule has 2 rings (SSSR count). The molecule has 0 amide bonds. The number of carbonyl (C=O) groups is 1. The molecular weight excluding hydrogens is 192 g/mol. The Morgan fingerprint density at radius 1 is 1.31 bits per heavy atom. The van der Waals surface area contributed by atoms with Crippen molar-refractivity contribution in [3.63, 3.8) is 0 Å². The van der Waals surface area contributed by atoms with Crippen LogP contribution in [0, 0.1) is 0 Å². The topological polar surface area (TPSA) is 61.4 Å². The van der Waals surface area contributed by atoms with Gasteiger partial charge in [-0.1, -0.05) is 0 Å². The Labute approximate surface area is 81.4 Å². The van der Waals surface area contributed by atoms with Gasteiger partial charge in [-0.2, -0.15) is 0 Å². The number of nitrogens with one attached hydrogen (secondary N) is 2. The van der Waals surface area contributed by atoms with E-state index in [2.05, 4.69) is 10.6 Å². The Balaban J connectivity index is 0.000000845. The van der Waals surface area contributed by atoms with Crippen LogP contribution in [0.1, 0.15) is 10.4 Å². The Hall–Kier alpha value is -1.42. The maximum Gasteiger partial charge on any atom is 0.335 e. The third kappa shape index (κ3) is 1.67. The van der Waals surface area contributed by atoms with Crippen LogP contribution < -0.4 is 10.6 Å². The Bertz CT molecular complexity index is 341. The van der Waals surface area contributed by atoms with Crippen LogP contribution in [0.5, 0.6) is 0 Å². The molecule has 0 unspecified atom stereocenters. The smallest absolute Gasteiger partial charge is 0.335 e. The fraction of sp³-hybridized carbons (Fsp3) is 0.125. The first-order valence-electron chi connectivity index (χ1n) is 3.62. The summed E-state index contributed by atoms with van der Waals surface area (Å²) >= 11 is 0. The molecular formula is C8H9ClN2O2. The maximum absolute atomic E-state index is 10.6. The van der Waals surface area contributed by atoms with Crippen LogP contribution in [0.2, 0.25) is 0 Å². The van der Waals surface area contributed by atoms with Gasteiger partial charge in [0.15, 0.2) is 0 Å². The average molecular weight is 201 g/mol. The van der Waals surface area contributed by atoms with Crippen molar-refractivity contribution < 1.29 is 9.90 Å². The van der Waals surface area contributed by atoms with Crippen molar-refractivity contribution in [2.24, 2.45) is 0 Å². The average Bonchev–Trinajstić information content (AvgIpc) is 2.49. The monoisotopic (exact) mass is 200 g/mol. The van der Waals surface area contributed by atoms with Crippen molar-refractivity contribution in [2.45, 2.75) is 0 Å². The first-order valence-corrected chi connectivity index (χ1v) is 3.62. The minimum absolute atomic E-state index is 0. The number of benzene rings is 1. The molecule has 1 aliphatic rings. The summed E-state index contributed by atoms with van der Waals surface area (Å²) < 4.78 is 0. The van der Waals surface area contributed by atoms with Crippen LogP contribution in [-0.4, -0.2) is 17.7 Å². The number of anilines is 2. The third-order valence-electron chi connectivity index (χ3n) is 1.82. The summed E-state index contributed by atoms with van der Waals surface area (Å²) in [5.41, 5.74) is 2.12. The molecule has 1 aliphatic heterocycles. The largest absolute Gasteiger partial charge is 0.478 e. The van der Waals surface area contributed by atoms with E-state index in [4.69, 9.17) is 5.11 Å². The van der Waals surface area contributed by atoms with Gasteiger partial charge >= 0.3 is 5.97 Å². The van der Waals surface area contributed by atoms with Crippen LogP contribution in [0.4, 0.5) is 11.4 Å². The number of fused-ring (bicyclic) bond motifs is 1. The van der Waals surface area contributed by atoms with Gasteiger partial charge in [0, 0.05) is 0 Å². The van der Waals surface area contributed by atoms with E-state index in [1.807, 2.05) is 0 Å². The minimum Gasteiger partial charge on any atom is -0.478 e. The predicted octanol–water partition coefficient (Wildman–Crippen LogP) is 1.60. The molecule has 0 saturated carbocycles. The van der Waals surface area contributed by atoms with E-state index in [1.165, 1.54) is 0 Å². The summed E-state index contributed by atoms with van der Waals surface area (Å²) in [6, 6.07) is 4.97. The highest BCUT2D eigenvalue weighted by Gasteiger charge is 2.11. The second-order valence-electron chi connectivity index (χ2n) is 2.60. The zero-order valence-corrected chi connectivity index (χ0v) is 7.52. The molecule has 1 heterocycles. The molecule has 1 aromatic carbocycles. The van der Waals surface area contributed by atoms with Gasteiger partial charge in [0.05, 0.1) is 23.6 Å². The van der Waals surface area contributed by atoms with Gasteiger partial charge in [-0.25, -0.2) is 4.79 Å². The Kier molecular flexibility index (Phi) is 2.63. The van der Waals surface area contributed by atoms with Gasteiger partial charge < -0.3 is 15.7 Å². The van der Waals surface area contributed by atoms with E-state index >= 15 is 0 Å². The van der Waals surface area contributed by atoms with Gasteiger partial charge in [0.2, 0.25) is 0 Å². The molecule has 0 saturated heterocycles. The maximum atomic E-state index is 10.6. The number of hydrogen-bond acceptors (Lipinski definition) is 3. The summed E-state index contributed by atoms with van der Waals surface area (Å²) in [6.07, 6.45) is 0. The second kappa shape index (κ2) is 3.53. The van der Waals surface area contributed by atoms with E-state index in [0.717, 1.165) is 11.4 Å². The van der Waals surface area contributed by atoms with Crippen LogP contribution in [0.15, 0.2) is 18.2 Å². The molecule has 3 N–H and O–H groups in total. The molecule has 70 valence electrons. The number of carboxylic acid groups (broad SMARTS) is 1. The number of aromatic carboxylic acids is 1. The van der Waals surface area contributed by atoms with Crippen molar-refractivity contribution in [1.29, 1.82) is 0 Å². The fourth-order valence-electron chi connectivity index (χ4n) is 1.21. The van der Waals surface area contributed by atoms with Gasteiger partial charge in [-0.3, -0.25) is 0 Å². The molecule has 0 spiro atoms. The van der Waals surface area contributed by atoms with E-state index in [9.17, 15) is 4.79 Å². The number of rotatable bonds is 1. The number of hydrogen-bond donors (Lipinski definition) is 3. The lowest BCUT2D eigenvalue weighted by Gasteiger charge is -1.99. The molecule has 4 nitrogen and oxygen atoms in total. The SMILES string of the molecule is Cl.O=C(O)c1ccc2c(c1)NCN2. The lowest BCUT2D eigenvalue weighted by Crippen LogP contribution is -1.99. The molecule has 13 heavy (non-hydrogen) atoms. The van der Waals surface area contributed by atoms with Gasteiger partial charge in [-0.15, -0.1) is 12.4 Å². The van der Waals surface area contributed by atoms with Gasteiger partial charge in [-0.05, 0) is 18.2 Å². The van der Waals surface area contributed by atoms with Crippen molar-refractivity contribution in [2.75, 3.05) is 17.3 Å². The van der Waals surface area contributed by atoms with E-state index < -0.39 is 5.97 Å². The summed E-state index contributed by atoms with van der Waals surface area (Å²) in [6.45, 7) is 0.665. The fourth-order valence-corrected chi connectivity index (χ4v) is 1.21. The number of carboxylic acids is 1. The molecule has 0 radical (unpaired) electrons. The van der Waals surface area contributed by atoms with Crippen molar-refractivity contribution in [1.82, 2.24) is 0 Å². The van der Waals surface area contributed by atoms with Crippen molar-refractivity contribution in [3.05, 3.63) is 23.8 Å². The predicted molar refractivity (Wildman–Crippen MR) is 52.8 cm³/mol. The van der Waals surface area contributed by atoms with Crippen LogP contribution in [-0.2, 0) is 0 Å². The molecule has 0 aliphatic carbocycles.